The van der Waals surface area contributed by atoms with Crippen molar-refractivity contribution in [2.75, 3.05) is 6.61 Å². The third-order valence-electron chi connectivity index (χ3n) is 5.74. The molecule has 0 spiro atoms. The van der Waals surface area contributed by atoms with Crippen molar-refractivity contribution < 1.29 is 9.53 Å². The fourth-order valence-electron chi connectivity index (χ4n) is 4.03. The van der Waals surface area contributed by atoms with Crippen molar-refractivity contribution in [2.24, 2.45) is 0 Å². The van der Waals surface area contributed by atoms with Gasteiger partial charge in [-0.05, 0) is 54.5 Å². The van der Waals surface area contributed by atoms with Crippen LogP contribution in [0.5, 0.6) is 5.75 Å². The van der Waals surface area contributed by atoms with Crippen molar-refractivity contribution in [3.8, 4) is 5.75 Å². The maximum Gasteiger partial charge on any atom is 0.266 e. The largest absolute Gasteiger partial charge is 0.492 e. The minimum Gasteiger partial charge on any atom is -0.492 e. The molecule has 0 saturated carbocycles. The number of aryl methyl sites for hydroxylation is 1. The molecule has 0 bridgehead atoms. The van der Waals surface area contributed by atoms with E-state index in [4.69, 9.17) is 28.6 Å². The Morgan fingerprint density at radius 2 is 2.03 bits per heavy atom. The third kappa shape index (κ3) is 5.52. The van der Waals surface area contributed by atoms with Gasteiger partial charge in [0.2, 0.25) is 0 Å². The van der Waals surface area contributed by atoms with Gasteiger partial charge < -0.3 is 9.30 Å². The lowest BCUT2D eigenvalue weighted by atomic mass is 10.1. The number of ether oxygens (including phenoxy) is 1. The summed E-state index contributed by atoms with van der Waals surface area (Å²) in [5, 5.41) is 1.67. The molecule has 2 aromatic carbocycles. The Labute approximate surface area is 232 Å². The molecule has 1 aliphatic rings. The standard InChI is InChI=1S/C27H21BrClN3O2S2/c28-20-8-9-23-21(14-20)19(17-31(23)11-4-12-34-24-7-2-1-6-22(24)29)13-25-26(33)32(27(35)36-25)16-18-5-3-10-30-15-18/h1-3,5-10,13-15,17H,4,11-12,16H2/b25-13-. The van der Waals surface area contributed by atoms with Crippen molar-refractivity contribution in [2.45, 2.75) is 19.5 Å². The normalized spacial score (nSPS) is 14.8. The first-order chi connectivity index (χ1) is 17.5. The molecule has 0 radical (unpaired) electrons. The lowest BCUT2D eigenvalue weighted by molar-refractivity contribution is -0.122. The molecule has 0 aliphatic carbocycles. The summed E-state index contributed by atoms with van der Waals surface area (Å²) in [6.07, 6.45) is 8.29. The Balaban J connectivity index is 1.35. The van der Waals surface area contributed by atoms with Crippen LogP contribution in [-0.2, 0) is 17.9 Å². The Hall–Kier alpha value is -2.65. The molecule has 9 heteroatoms. The second-order valence-corrected chi connectivity index (χ2v) is 11.2. The van der Waals surface area contributed by atoms with Crippen LogP contribution < -0.4 is 4.74 Å². The number of thiocarbonyl (C=S) groups is 1. The van der Waals surface area contributed by atoms with Crippen LogP contribution in [0.3, 0.4) is 0 Å². The Morgan fingerprint density at radius 3 is 2.83 bits per heavy atom. The van der Waals surface area contributed by atoms with Gasteiger partial charge in [0.25, 0.3) is 5.91 Å². The first-order valence-electron chi connectivity index (χ1n) is 11.3. The number of nitrogens with zero attached hydrogens (tertiary/aromatic N) is 3. The second-order valence-electron chi connectivity index (χ2n) is 8.20. The van der Waals surface area contributed by atoms with Gasteiger partial charge in [0.1, 0.15) is 10.1 Å². The second kappa shape index (κ2) is 11.2. The van der Waals surface area contributed by atoms with Gasteiger partial charge in [-0.2, -0.15) is 0 Å². The van der Waals surface area contributed by atoms with Crippen LogP contribution >= 0.6 is 51.5 Å². The van der Waals surface area contributed by atoms with Crippen molar-refractivity contribution in [1.82, 2.24) is 14.5 Å². The average Bonchev–Trinajstić information content (AvgIpc) is 3.34. The van der Waals surface area contributed by atoms with Crippen LogP contribution in [0.25, 0.3) is 17.0 Å². The minimum absolute atomic E-state index is 0.0853. The van der Waals surface area contributed by atoms with E-state index in [1.165, 1.54) is 11.8 Å². The summed E-state index contributed by atoms with van der Waals surface area (Å²) in [7, 11) is 0. The highest BCUT2D eigenvalue weighted by molar-refractivity contribution is 9.10. The number of pyridine rings is 1. The highest BCUT2D eigenvalue weighted by Crippen LogP contribution is 2.36. The molecule has 36 heavy (non-hydrogen) atoms. The van der Waals surface area contributed by atoms with Crippen LogP contribution in [-0.4, -0.2) is 31.3 Å². The number of hydrogen-bond acceptors (Lipinski definition) is 5. The van der Waals surface area contributed by atoms with Crippen LogP contribution in [0.15, 0.2) is 82.6 Å². The van der Waals surface area contributed by atoms with Gasteiger partial charge in [-0.25, -0.2) is 0 Å². The number of benzene rings is 2. The molecule has 1 fully saturated rings. The molecule has 4 aromatic rings. The highest BCUT2D eigenvalue weighted by atomic mass is 79.9. The fourth-order valence-corrected chi connectivity index (χ4v) is 5.82. The third-order valence-corrected chi connectivity index (χ3v) is 7.92. The first-order valence-corrected chi connectivity index (χ1v) is 13.7. The van der Waals surface area contributed by atoms with E-state index in [2.05, 4.69) is 43.8 Å². The van der Waals surface area contributed by atoms with Gasteiger partial charge in [0.05, 0.1) is 23.1 Å². The quantitative estimate of drug-likeness (QED) is 0.121. The highest BCUT2D eigenvalue weighted by Gasteiger charge is 2.32. The molecule has 0 unspecified atom stereocenters. The molecular weight excluding hydrogens is 578 g/mol. The summed E-state index contributed by atoms with van der Waals surface area (Å²) >= 11 is 16.6. The van der Waals surface area contributed by atoms with E-state index in [1.807, 2.05) is 48.5 Å². The molecule has 5 rings (SSSR count). The van der Waals surface area contributed by atoms with E-state index < -0.39 is 0 Å². The number of carbonyl (C=O) groups is 1. The van der Waals surface area contributed by atoms with E-state index in [0.717, 1.165) is 39.5 Å². The Bertz CT molecular complexity index is 1470. The summed E-state index contributed by atoms with van der Waals surface area (Å²) in [4.78, 5) is 19.6. The number of para-hydroxylation sites is 1. The number of halogens is 2. The first kappa shape index (κ1) is 25.0. The predicted molar refractivity (Wildman–Crippen MR) is 154 cm³/mol. The molecule has 1 saturated heterocycles. The van der Waals surface area contributed by atoms with Gasteiger partial charge in [-0.3, -0.25) is 14.7 Å². The maximum absolute atomic E-state index is 13.2. The summed E-state index contributed by atoms with van der Waals surface area (Å²) < 4.78 is 9.58. The van der Waals surface area contributed by atoms with E-state index in [0.29, 0.717) is 33.1 Å². The van der Waals surface area contributed by atoms with E-state index in [9.17, 15) is 4.79 Å². The number of thioether (sulfide) groups is 1. The number of hydrogen-bond donors (Lipinski definition) is 0. The van der Waals surface area contributed by atoms with E-state index >= 15 is 0 Å². The molecule has 1 aliphatic heterocycles. The zero-order valence-electron chi connectivity index (χ0n) is 19.1. The van der Waals surface area contributed by atoms with Gasteiger partial charge in [0.15, 0.2) is 0 Å². The monoisotopic (exact) mass is 597 g/mol. The van der Waals surface area contributed by atoms with Gasteiger partial charge in [0, 0.05) is 46.1 Å². The molecular formula is C27H21BrClN3O2S2. The van der Waals surface area contributed by atoms with Crippen molar-refractivity contribution in [3.63, 3.8) is 0 Å². The smallest absolute Gasteiger partial charge is 0.266 e. The maximum atomic E-state index is 13.2. The van der Waals surface area contributed by atoms with Crippen molar-refractivity contribution in [1.29, 1.82) is 0 Å². The van der Waals surface area contributed by atoms with Gasteiger partial charge in [-0.1, -0.05) is 69.7 Å². The van der Waals surface area contributed by atoms with Crippen LogP contribution in [0.2, 0.25) is 5.02 Å². The Kier molecular flexibility index (Phi) is 7.76. The van der Waals surface area contributed by atoms with Crippen LogP contribution in [0, 0.1) is 0 Å². The summed E-state index contributed by atoms with van der Waals surface area (Å²) in [5.41, 5.74) is 3.00. The summed E-state index contributed by atoms with van der Waals surface area (Å²) in [6.45, 7) is 1.72. The summed E-state index contributed by atoms with van der Waals surface area (Å²) in [6, 6.07) is 17.5. The van der Waals surface area contributed by atoms with Gasteiger partial charge >= 0.3 is 0 Å². The average molecular weight is 599 g/mol. The topological polar surface area (TPSA) is 47.4 Å². The Morgan fingerprint density at radius 1 is 1.17 bits per heavy atom. The molecule has 0 N–H and O–H groups in total. The van der Waals surface area contributed by atoms with Crippen LogP contribution in [0.4, 0.5) is 0 Å². The molecule has 5 nitrogen and oxygen atoms in total. The zero-order valence-corrected chi connectivity index (χ0v) is 23.0. The lowest BCUT2D eigenvalue weighted by Gasteiger charge is -2.13. The summed E-state index contributed by atoms with van der Waals surface area (Å²) in [5.74, 6) is 0.604. The van der Waals surface area contributed by atoms with Crippen LogP contribution in [0.1, 0.15) is 17.5 Å². The number of carbonyl (C=O) groups excluding carboxylic acids is 1. The molecule has 3 heterocycles. The number of aromatic nitrogens is 2. The van der Waals surface area contributed by atoms with Crippen molar-refractivity contribution in [3.05, 3.63) is 98.7 Å². The van der Waals surface area contributed by atoms with E-state index in [1.54, 1.807) is 17.3 Å². The number of rotatable bonds is 8. The molecule has 2 aromatic heterocycles. The SMILES string of the molecule is O=C1/C(=C/c2cn(CCCOc3ccccc3Cl)c3ccc(Br)cc23)SC(=S)N1Cc1cccnc1. The zero-order chi connectivity index (χ0) is 25.1. The molecule has 0 atom stereocenters. The minimum atomic E-state index is -0.0853. The van der Waals surface area contributed by atoms with Crippen molar-refractivity contribution >= 4 is 78.7 Å². The lowest BCUT2D eigenvalue weighted by Crippen LogP contribution is -2.27. The predicted octanol–water partition coefficient (Wildman–Crippen LogP) is 7.32. The number of fused-ring (bicyclic) bond motifs is 1. The van der Waals surface area contributed by atoms with E-state index in [-0.39, 0.29) is 5.91 Å². The molecule has 1 amide bonds. The molecule has 182 valence electrons. The number of amides is 1. The fraction of sp³-hybridized carbons (Fsp3) is 0.148. The van der Waals surface area contributed by atoms with Gasteiger partial charge in [-0.15, -0.1) is 0 Å².